The Morgan fingerprint density at radius 3 is 2.45 bits per heavy atom. The number of aliphatic imine (C=N–C) groups is 1. The molecule has 0 spiro atoms. The minimum absolute atomic E-state index is 0.116. The normalized spacial score (nSPS) is 11.9. The highest BCUT2D eigenvalue weighted by Gasteiger charge is 2.28. The molecule has 2 aromatic carbocycles. The molecule has 7 nitrogen and oxygen atoms in total. The summed E-state index contributed by atoms with van der Waals surface area (Å²) in [5, 5.41) is 1.44. The van der Waals surface area contributed by atoms with E-state index in [4.69, 9.17) is 23.1 Å². The second kappa shape index (κ2) is 8.36. The number of fused-ring (bicyclic) bond motifs is 1. The first kappa shape index (κ1) is 21.0. The SMILES string of the molecule is CC(C)N(Cc1ccccc1)S(=O)(=O)c1ccc2c(Cl)cnc(N=C(N)N)c2c1. The predicted molar refractivity (Wildman–Crippen MR) is 117 cm³/mol. The highest BCUT2D eigenvalue weighted by molar-refractivity contribution is 7.89. The van der Waals surface area contributed by atoms with Crippen LogP contribution in [0.1, 0.15) is 19.4 Å². The van der Waals surface area contributed by atoms with Gasteiger partial charge >= 0.3 is 0 Å². The van der Waals surface area contributed by atoms with E-state index in [0.29, 0.717) is 15.8 Å². The lowest BCUT2D eigenvalue weighted by molar-refractivity contribution is 0.348. The second-order valence-electron chi connectivity index (χ2n) is 6.80. The van der Waals surface area contributed by atoms with E-state index in [-0.39, 0.29) is 29.3 Å². The van der Waals surface area contributed by atoms with Gasteiger partial charge in [0, 0.05) is 29.6 Å². The van der Waals surface area contributed by atoms with Gasteiger partial charge in [-0.2, -0.15) is 9.30 Å². The van der Waals surface area contributed by atoms with E-state index >= 15 is 0 Å². The highest BCUT2D eigenvalue weighted by atomic mass is 35.5. The lowest BCUT2D eigenvalue weighted by Crippen LogP contribution is -2.36. The molecule has 0 aliphatic rings. The van der Waals surface area contributed by atoms with E-state index in [1.807, 2.05) is 44.2 Å². The largest absolute Gasteiger partial charge is 0.370 e. The van der Waals surface area contributed by atoms with Crippen LogP contribution in [0.2, 0.25) is 5.02 Å². The molecule has 1 heterocycles. The van der Waals surface area contributed by atoms with Gasteiger partial charge in [0.2, 0.25) is 10.0 Å². The van der Waals surface area contributed by atoms with Crippen LogP contribution >= 0.6 is 11.6 Å². The molecule has 1 aromatic heterocycles. The van der Waals surface area contributed by atoms with Crippen molar-refractivity contribution in [1.82, 2.24) is 9.29 Å². The van der Waals surface area contributed by atoms with Crippen LogP contribution in [0, 0.1) is 0 Å². The van der Waals surface area contributed by atoms with E-state index in [0.717, 1.165) is 5.56 Å². The highest BCUT2D eigenvalue weighted by Crippen LogP contribution is 2.32. The van der Waals surface area contributed by atoms with Crippen LogP contribution in [0.25, 0.3) is 10.8 Å². The van der Waals surface area contributed by atoms with Gasteiger partial charge in [-0.1, -0.05) is 48.0 Å². The number of hydrogen-bond donors (Lipinski definition) is 2. The zero-order valence-corrected chi connectivity index (χ0v) is 17.7. The van der Waals surface area contributed by atoms with Crippen LogP contribution in [0.3, 0.4) is 0 Å². The first-order chi connectivity index (χ1) is 13.7. The molecule has 0 amide bonds. The van der Waals surface area contributed by atoms with Gasteiger partial charge in [-0.3, -0.25) is 0 Å². The monoisotopic (exact) mass is 431 g/mol. The van der Waals surface area contributed by atoms with Crippen molar-refractivity contribution in [2.24, 2.45) is 16.5 Å². The fourth-order valence-electron chi connectivity index (χ4n) is 2.99. The van der Waals surface area contributed by atoms with Crippen LogP contribution in [-0.2, 0) is 16.6 Å². The molecule has 0 saturated carbocycles. The molecule has 3 aromatic rings. The zero-order chi connectivity index (χ0) is 21.2. The third-order valence-corrected chi connectivity index (χ3v) is 6.71. The van der Waals surface area contributed by atoms with E-state index in [2.05, 4.69) is 9.98 Å². The molecule has 9 heteroatoms. The van der Waals surface area contributed by atoms with Crippen molar-refractivity contribution in [3.8, 4) is 0 Å². The van der Waals surface area contributed by atoms with Crippen molar-refractivity contribution >= 4 is 44.2 Å². The van der Waals surface area contributed by atoms with Crippen molar-refractivity contribution in [2.45, 2.75) is 31.3 Å². The maximum Gasteiger partial charge on any atom is 0.243 e. The summed E-state index contributed by atoms with van der Waals surface area (Å²) in [5.41, 5.74) is 11.9. The lowest BCUT2D eigenvalue weighted by Gasteiger charge is -2.26. The smallest absolute Gasteiger partial charge is 0.243 e. The molecular formula is C20H22ClN5O2S. The number of halogens is 1. The molecule has 152 valence electrons. The molecule has 29 heavy (non-hydrogen) atoms. The minimum Gasteiger partial charge on any atom is -0.370 e. The summed E-state index contributed by atoms with van der Waals surface area (Å²) >= 11 is 6.22. The van der Waals surface area contributed by atoms with Gasteiger partial charge in [-0.15, -0.1) is 0 Å². The second-order valence-corrected chi connectivity index (χ2v) is 9.10. The summed E-state index contributed by atoms with van der Waals surface area (Å²) in [4.78, 5) is 8.24. The summed E-state index contributed by atoms with van der Waals surface area (Å²) in [7, 11) is -3.80. The Morgan fingerprint density at radius 1 is 1.14 bits per heavy atom. The molecule has 0 aliphatic carbocycles. The van der Waals surface area contributed by atoms with Crippen LogP contribution in [0.15, 0.2) is 64.6 Å². The maximum absolute atomic E-state index is 13.4. The van der Waals surface area contributed by atoms with Gasteiger partial charge < -0.3 is 11.5 Å². The molecule has 0 fully saturated rings. The molecule has 3 rings (SSSR count). The third kappa shape index (κ3) is 4.50. The van der Waals surface area contributed by atoms with Crippen molar-refractivity contribution in [2.75, 3.05) is 0 Å². The Morgan fingerprint density at radius 2 is 1.83 bits per heavy atom. The number of pyridine rings is 1. The maximum atomic E-state index is 13.4. The average Bonchev–Trinajstić information content (AvgIpc) is 2.68. The Kier molecular flexibility index (Phi) is 6.07. The quantitative estimate of drug-likeness (QED) is 0.458. The molecule has 0 bridgehead atoms. The van der Waals surface area contributed by atoms with Crippen LogP contribution in [0.5, 0.6) is 0 Å². The van der Waals surface area contributed by atoms with Crippen LogP contribution in [-0.4, -0.2) is 29.7 Å². The molecule has 0 saturated heterocycles. The topological polar surface area (TPSA) is 115 Å². The number of guanidine groups is 1. The summed E-state index contributed by atoms with van der Waals surface area (Å²) in [6, 6.07) is 13.9. The van der Waals surface area contributed by atoms with Gasteiger partial charge in [-0.25, -0.2) is 13.4 Å². The van der Waals surface area contributed by atoms with Crippen molar-refractivity contribution in [3.05, 3.63) is 65.3 Å². The van der Waals surface area contributed by atoms with Gasteiger partial charge in [0.05, 0.1) is 9.92 Å². The third-order valence-electron chi connectivity index (χ3n) is 4.39. The van der Waals surface area contributed by atoms with Gasteiger partial charge in [-0.05, 0) is 31.5 Å². The molecule has 0 aliphatic heterocycles. The Hall–Kier alpha value is -2.68. The fourth-order valence-corrected chi connectivity index (χ4v) is 4.85. The fraction of sp³-hybridized carbons (Fsp3) is 0.200. The minimum atomic E-state index is -3.80. The number of rotatable bonds is 6. The van der Waals surface area contributed by atoms with E-state index < -0.39 is 10.0 Å². The standard InChI is InChI=1S/C20H22ClN5O2S/c1-13(2)26(12-14-6-4-3-5-7-14)29(27,28)15-8-9-16-17(10-15)19(25-20(22)23)24-11-18(16)21/h3-11,13H,12H2,1-2H3,(H4,22,23,24,25). The molecule has 0 atom stereocenters. The molecular weight excluding hydrogens is 410 g/mol. The first-order valence-electron chi connectivity index (χ1n) is 8.94. The van der Waals surface area contributed by atoms with Gasteiger partial charge in [0.15, 0.2) is 11.8 Å². The first-order valence-corrected chi connectivity index (χ1v) is 10.8. The number of nitrogens with two attached hydrogens (primary N) is 2. The van der Waals surface area contributed by atoms with Crippen molar-refractivity contribution in [1.29, 1.82) is 0 Å². The Labute approximate surface area is 175 Å². The van der Waals surface area contributed by atoms with Crippen molar-refractivity contribution in [3.63, 3.8) is 0 Å². The summed E-state index contributed by atoms with van der Waals surface area (Å²) in [5.74, 6) is 0.0304. The summed E-state index contributed by atoms with van der Waals surface area (Å²) in [6.07, 6.45) is 1.43. The van der Waals surface area contributed by atoms with E-state index in [9.17, 15) is 8.42 Å². The van der Waals surface area contributed by atoms with Gasteiger partial charge in [0.1, 0.15) is 0 Å². The Bertz CT molecular complexity index is 1160. The van der Waals surface area contributed by atoms with Crippen LogP contribution < -0.4 is 11.5 Å². The van der Waals surface area contributed by atoms with E-state index in [1.165, 1.54) is 22.6 Å². The molecule has 0 radical (unpaired) electrons. The number of benzene rings is 2. The average molecular weight is 432 g/mol. The number of aromatic nitrogens is 1. The summed E-state index contributed by atoms with van der Waals surface area (Å²) in [6.45, 7) is 3.93. The molecule has 4 N–H and O–H groups in total. The predicted octanol–water partition coefficient (Wildman–Crippen LogP) is 3.39. The summed E-state index contributed by atoms with van der Waals surface area (Å²) < 4.78 is 28.3. The number of hydrogen-bond acceptors (Lipinski definition) is 4. The van der Waals surface area contributed by atoms with Crippen LogP contribution in [0.4, 0.5) is 5.82 Å². The number of nitrogens with zero attached hydrogens (tertiary/aromatic N) is 3. The Balaban J connectivity index is 2.13. The van der Waals surface area contributed by atoms with E-state index in [1.54, 1.807) is 6.07 Å². The van der Waals surface area contributed by atoms with Gasteiger partial charge in [0.25, 0.3) is 0 Å². The number of sulfonamides is 1. The van der Waals surface area contributed by atoms with Crippen molar-refractivity contribution < 1.29 is 8.42 Å². The molecule has 0 unspecified atom stereocenters. The lowest BCUT2D eigenvalue weighted by atomic mass is 10.1. The zero-order valence-electron chi connectivity index (χ0n) is 16.1.